The fraction of sp³-hybridized carbons (Fsp3) is 0.548. The molecule has 1 saturated heterocycles. The second-order valence-electron chi connectivity index (χ2n) is 10.7. The van der Waals surface area contributed by atoms with Crippen LogP contribution in [0.2, 0.25) is 0 Å². The van der Waals surface area contributed by atoms with Gasteiger partial charge in [0.1, 0.15) is 0 Å². The predicted molar refractivity (Wildman–Crippen MR) is 143 cm³/mol. The van der Waals surface area contributed by atoms with E-state index in [9.17, 15) is 0 Å². The molecule has 3 heteroatoms. The highest BCUT2D eigenvalue weighted by atomic mass is 16.5. The van der Waals surface area contributed by atoms with Crippen LogP contribution in [0.5, 0.6) is 0 Å². The van der Waals surface area contributed by atoms with Crippen LogP contribution in [0.25, 0.3) is 10.9 Å². The molecule has 2 unspecified atom stereocenters. The molecule has 2 fully saturated rings. The molecular formula is C31H42N2O. The first kappa shape index (κ1) is 23.6. The van der Waals surface area contributed by atoms with E-state index in [1.165, 1.54) is 85.5 Å². The lowest BCUT2D eigenvalue weighted by Gasteiger charge is -2.24. The van der Waals surface area contributed by atoms with E-state index in [2.05, 4.69) is 71.5 Å². The highest BCUT2D eigenvalue weighted by Gasteiger charge is 2.22. The average molecular weight is 459 g/mol. The van der Waals surface area contributed by atoms with Crippen LogP contribution < -0.4 is 5.32 Å². The number of unbranched alkanes of at least 4 members (excludes halogenated alkanes) is 1. The van der Waals surface area contributed by atoms with E-state index in [0.29, 0.717) is 12.0 Å². The second kappa shape index (κ2) is 11.6. The van der Waals surface area contributed by atoms with Crippen molar-refractivity contribution in [2.75, 3.05) is 19.7 Å². The Morgan fingerprint density at radius 1 is 1.03 bits per heavy atom. The maximum absolute atomic E-state index is 5.94. The Hall–Kier alpha value is -2.10. The molecule has 182 valence electrons. The van der Waals surface area contributed by atoms with Gasteiger partial charge in [-0.05, 0) is 55.7 Å². The number of nitrogens with zero attached hydrogens (tertiary/aromatic N) is 1. The number of aromatic nitrogens is 1. The number of hydrogen-bond donors (Lipinski definition) is 1. The summed E-state index contributed by atoms with van der Waals surface area (Å²) < 4.78 is 8.53. The molecule has 2 aromatic carbocycles. The van der Waals surface area contributed by atoms with E-state index >= 15 is 0 Å². The van der Waals surface area contributed by atoms with Crippen molar-refractivity contribution in [3.63, 3.8) is 0 Å². The van der Waals surface area contributed by atoms with Crippen molar-refractivity contribution >= 4 is 10.9 Å². The van der Waals surface area contributed by atoms with Crippen molar-refractivity contribution in [3.05, 3.63) is 71.4 Å². The van der Waals surface area contributed by atoms with Crippen LogP contribution >= 0.6 is 0 Å². The summed E-state index contributed by atoms with van der Waals surface area (Å²) in [6, 6.07) is 18.3. The minimum Gasteiger partial charge on any atom is -0.376 e. The molecule has 2 aliphatic rings. The first-order valence-electron chi connectivity index (χ1n) is 13.7. The largest absolute Gasteiger partial charge is 0.376 e. The zero-order chi connectivity index (χ0) is 23.2. The zero-order valence-electron chi connectivity index (χ0n) is 21.0. The predicted octanol–water partition coefficient (Wildman–Crippen LogP) is 7.21. The van der Waals surface area contributed by atoms with Crippen LogP contribution in [-0.2, 0) is 11.3 Å². The lowest BCUT2D eigenvalue weighted by molar-refractivity contribution is 0.0220. The van der Waals surface area contributed by atoms with Crippen LogP contribution in [0, 0.1) is 12.8 Å². The van der Waals surface area contributed by atoms with E-state index in [0.717, 1.165) is 32.0 Å². The van der Waals surface area contributed by atoms with Gasteiger partial charge < -0.3 is 14.6 Å². The molecule has 1 aromatic heterocycles. The summed E-state index contributed by atoms with van der Waals surface area (Å²) in [6.45, 7) is 6.26. The minimum atomic E-state index is 0.392. The van der Waals surface area contributed by atoms with Gasteiger partial charge in [0.15, 0.2) is 0 Å². The molecule has 0 bridgehead atoms. The van der Waals surface area contributed by atoms with Crippen LogP contribution in [0.4, 0.5) is 0 Å². The summed E-state index contributed by atoms with van der Waals surface area (Å²) in [5.74, 6) is 1.28. The Balaban J connectivity index is 1.39. The Morgan fingerprint density at radius 2 is 1.91 bits per heavy atom. The van der Waals surface area contributed by atoms with E-state index < -0.39 is 0 Å². The van der Waals surface area contributed by atoms with Crippen LogP contribution in [0.15, 0.2) is 54.7 Å². The first-order chi connectivity index (χ1) is 16.8. The number of ether oxygens (including phenoxy) is 1. The zero-order valence-corrected chi connectivity index (χ0v) is 21.0. The van der Waals surface area contributed by atoms with Gasteiger partial charge in [-0.2, -0.15) is 0 Å². The smallest absolute Gasteiger partial charge is 0.0700 e. The second-order valence-corrected chi connectivity index (χ2v) is 10.7. The maximum atomic E-state index is 5.94. The number of morpholine rings is 1. The van der Waals surface area contributed by atoms with E-state index in [-0.39, 0.29) is 0 Å². The lowest BCUT2D eigenvalue weighted by atomic mass is 9.86. The van der Waals surface area contributed by atoms with Crippen molar-refractivity contribution < 1.29 is 4.74 Å². The molecule has 3 aromatic rings. The molecule has 3 nitrogen and oxygen atoms in total. The number of para-hydroxylation sites is 1. The fourth-order valence-corrected chi connectivity index (χ4v) is 6.27. The molecule has 0 spiro atoms. The fourth-order valence-electron chi connectivity index (χ4n) is 6.27. The monoisotopic (exact) mass is 458 g/mol. The van der Waals surface area contributed by atoms with Gasteiger partial charge in [0.05, 0.1) is 12.7 Å². The van der Waals surface area contributed by atoms with Crippen LogP contribution in [0.1, 0.15) is 80.4 Å². The molecule has 34 heavy (non-hydrogen) atoms. The van der Waals surface area contributed by atoms with Gasteiger partial charge in [-0.3, -0.25) is 0 Å². The Kier molecular flexibility index (Phi) is 8.03. The highest BCUT2D eigenvalue weighted by Crippen LogP contribution is 2.37. The molecule has 2 heterocycles. The standard InChI is InChI=1S/C31H42N2O/c1-24-10-9-13-26(20-24)28(15-6-5-14-27-21-32-18-19-34-27)30-23-33(22-25-11-3-2-4-12-25)31-17-8-7-16-29(30)31/h7-10,13,16-17,20,23,25,27-28,32H,2-6,11-12,14-15,18-19,21-22H2,1H3. The molecule has 5 rings (SSSR count). The molecule has 2 atom stereocenters. The summed E-state index contributed by atoms with van der Waals surface area (Å²) in [6.07, 6.45) is 14.7. The third-order valence-electron chi connectivity index (χ3n) is 8.09. The van der Waals surface area contributed by atoms with Gasteiger partial charge in [0.25, 0.3) is 0 Å². The van der Waals surface area contributed by atoms with Gasteiger partial charge in [0, 0.05) is 42.7 Å². The van der Waals surface area contributed by atoms with Crippen molar-refractivity contribution in [2.24, 2.45) is 5.92 Å². The molecule has 0 amide bonds. The molecular weight excluding hydrogens is 416 g/mol. The number of fused-ring (bicyclic) bond motifs is 1. The Labute approximate surface area is 205 Å². The quantitative estimate of drug-likeness (QED) is 0.343. The summed E-state index contributed by atoms with van der Waals surface area (Å²) in [7, 11) is 0. The summed E-state index contributed by atoms with van der Waals surface area (Å²) in [4.78, 5) is 0. The normalized spacial score (nSPS) is 20.6. The van der Waals surface area contributed by atoms with Gasteiger partial charge in [-0.25, -0.2) is 0 Å². The summed E-state index contributed by atoms with van der Waals surface area (Å²) in [5, 5.41) is 4.92. The van der Waals surface area contributed by atoms with Crippen molar-refractivity contribution in [1.29, 1.82) is 0 Å². The lowest BCUT2D eigenvalue weighted by Crippen LogP contribution is -2.38. The number of benzene rings is 2. The highest BCUT2D eigenvalue weighted by molar-refractivity contribution is 5.85. The Morgan fingerprint density at radius 3 is 2.74 bits per heavy atom. The topological polar surface area (TPSA) is 26.2 Å². The van der Waals surface area contributed by atoms with Crippen LogP contribution in [0.3, 0.4) is 0 Å². The average Bonchev–Trinajstić information content (AvgIpc) is 3.23. The number of hydrogen-bond acceptors (Lipinski definition) is 2. The number of rotatable bonds is 9. The van der Waals surface area contributed by atoms with Gasteiger partial charge >= 0.3 is 0 Å². The third kappa shape index (κ3) is 5.75. The molecule has 0 radical (unpaired) electrons. The summed E-state index contributed by atoms with van der Waals surface area (Å²) >= 11 is 0. The minimum absolute atomic E-state index is 0.392. The Bertz CT molecular complexity index is 1040. The molecule has 1 aliphatic carbocycles. The van der Waals surface area contributed by atoms with Crippen molar-refractivity contribution in [1.82, 2.24) is 9.88 Å². The van der Waals surface area contributed by atoms with Crippen LogP contribution in [-0.4, -0.2) is 30.4 Å². The molecule has 1 saturated carbocycles. The molecule has 1 aliphatic heterocycles. The first-order valence-corrected chi connectivity index (χ1v) is 13.7. The van der Waals surface area contributed by atoms with E-state index in [1.54, 1.807) is 0 Å². The maximum Gasteiger partial charge on any atom is 0.0700 e. The van der Waals surface area contributed by atoms with Crippen molar-refractivity contribution in [2.45, 2.75) is 83.3 Å². The molecule has 1 N–H and O–H groups in total. The van der Waals surface area contributed by atoms with E-state index in [1.807, 2.05) is 0 Å². The van der Waals surface area contributed by atoms with Gasteiger partial charge in [-0.15, -0.1) is 0 Å². The SMILES string of the molecule is Cc1cccc(C(CCCCC2CNCCO2)c2cn(CC3CCCCC3)c3ccccc23)c1. The van der Waals surface area contributed by atoms with Gasteiger partial charge in [0.2, 0.25) is 0 Å². The van der Waals surface area contributed by atoms with Crippen molar-refractivity contribution in [3.8, 4) is 0 Å². The summed E-state index contributed by atoms with van der Waals surface area (Å²) in [5.41, 5.74) is 5.77. The number of aryl methyl sites for hydroxylation is 1. The van der Waals surface area contributed by atoms with E-state index in [4.69, 9.17) is 4.74 Å². The third-order valence-corrected chi connectivity index (χ3v) is 8.09. The van der Waals surface area contributed by atoms with Gasteiger partial charge in [-0.1, -0.05) is 80.1 Å². The number of nitrogens with one attached hydrogen (secondary N) is 1.